The summed E-state index contributed by atoms with van der Waals surface area (Å²) in [5, 5.41) is 8.20. The molecule has 0 radical (unpaired) electrons. The van der Waals surface area contributed by atoms with E-state index in [2.05, 4.69) is 16.0 Å². The first-order valence-electron chi connectivity index (χ1n) is 26.9. The van der Waals surface area contributed by atoms with Crippen molar-refractivity contribution >= 4 is 82.0 Å². The minimum absolute atomic E-state index is 0.152. The maximum atomic E-state index is 14.1. The topological polar surface area (TPSA) is 236 Å². The number of imide groups is 1. The smallest absolute Gasteiger partial charge is 0.260 e. The van der Waals surface area contributed by atoms with Crippen molar-refractivity contribution in [2.75, 3.05) is 52.9 Å². The van der Waals surface area contributed by atoms with Gasteiger partial charge in [0.05, 0.1) is 75.7 Å². The van der Waals surface area contributed by atoms with Gasteiger partial charge in [0.2, 0.25) is 29.5 Å². The number of aliphatic imine (C=N–C) groups is 2. The van der Waals surface area contributed by atoms with Crippen LogP contribution in [0.3, 0.4) is 0 Å². The van der Waals surface area contributed by atoms with Crippen molar-refractivity contribution in [3.05, 3.63) is 107 Å². The van der Waals surface area contributed by atoms with Gasteiger partial charge in [0.25, 0.3) is 11.8 Å². The molecule has 0 aliphatic carbocycles. The average Bonchev–Trinajstić information content (AvgIpc) is 4.17. The number of anilines is 1. The highest BCUT2D eigenvalue weighted by Gasteiger charge is 2.37. The van der Waals surface area contributed by atoms with Crippen LogP contribution in [0.1, 0.15) is 104 Å². The van der Waals surface area contributed by atoms with Crippen LogP contribution < -0.4 is 39.6 Å². The Labute approximate surface area is 464 Å². The van der Waals surface area contributed by atoms with Crippen LogP contribution in [-0.4, -0.2) is 134 Å². The average molecular weight is 1090 g/mol. The van der Waals surface area contributed by atoms with Gasteiger partial charge in [-0.1, -0.05) is 51.5 Å². The monoisotopic (exact) mass is 1090 g/mol. The molecule has 4 aromatic rings. The van der Waals surface area contributed by atoms with Crippen LogP contribution in [-0.2, 0) is 24.0 Å². The summed E-state index contributed by atoms with van der Waals surface area (Å²) in [4.78, 5) is 105. The number of amides is 7. The van der Waals surface area contributed by atoms with E-state index in [-0.39, 0.29) is 86.1 Å². The predicted molar refractivity (Wildman–Crippen MR) is 300 cm³/mol. The largest absolute Gasteiger partial charge is 0.497 e. The lowest BCUT2D eigenvalue weighted by Gasteiger charge is -2.21. The number of methoxy groups -OCH3 is 3. The van der Waals surface area contributed by atoms with Crippen molar-refractivity contribution in [1.29, 1.82) is 0 Å². The number of ether oxygens (including phenoxy) is 5. The number of hydrogen-bond donors (Lipinski definition) is 3. The number of carbonyl (C=O) groups excluding carboxylic acids is 7. The van der Waals surface area contributed by atoms with Gasteiger partial charge in [0, 0.05) is 87.2 Å². The zero-order valence-electron chi connectivity index (χ0n) is 45.7. The molecule has 4 aromatic carbocycles. The zero-order valence-corrected chi connectivity index (χ0v) is 45.7. The summed E-state index contributed by atoms with van der Waals surface area (Å²) >= 11 is 0. The lowest BCUT2D eigenvalue weighted by Crippen LogP contribution is -2.51. The van der Waals surface area contributed by atoms with Crippen molar-refractivity contribution in [2.24, 2.45) is 21.8 Å². The summed E-state index contributed by atoms with van der Waals surface area (Å²) in [7, 11) is 4.65. The number of carbonyl (C=O) groups is 7. The Morgan fingerprint density at radius 1 is 0.650 bits per heavy atom. The van der Waals surface area contributed by atoms with Gasteiger partial charge in [-0.3, -0.25) is 48.4 Å². The van der Waals surface area contributed by atoms with Crippen LogP contribution in [0.2, 0.25) is 0 Å². The fourth-order valence-corrected chi connectivity index (χ4v) is 10.2. The van der Waals surface area contributed by atoms with Gasteiger partial charge in [-0.2, -0.15) is 0 Å². The molecule has 0 spiro atoms. The molecule has 9 rings (SSSR count). The highest BCUT2D eigenvalue weighted by Crippen LogP contribution is 2.42. The summed E-state index contributed by atoms with van der Waals surface area (Å²) in [5.74, 6) is -0.146. The molecule has 1 saturated heterocycles. The van der Waals surface area contributed by atoms with Gasteiger partial charge in [0.15, 0.2) is 23.0 Å². The molecule has 0 saturated carbocycles. The number of rotatable bonds is 23. The van der Waals surface area contributed by atoms with Crippen molar-refractivity contribution in [3.8, 4) is 28.7 Å². The van der Waals surface area contributed by atoms with E-state index in [1.165, 1.54) is 19.1 Å². The van der Waals surface area contributed by atoms with Crippen LogP contribution in [0.25, 0.3) is 11.1 Å². The van der Waals surface area contributed by atoms with E-state index < -0.39 is 17.9 Å². The molecule has 20 heteroatoms. The molecular weight excluding hydrogens is 1020 g/mol. The number of unbranched alkanes of at least 4 members (excludes halogenated alkanes) is 2. The normalized spacial score (nSPS) is 18.3. The lowest BCUT2D eigenvalue weighted by atomic mass is 10.0. The van der Waals surface area contributed by atoms with Gasteiger partial charge in [0.1, 0.15) is 11.8 Å². The van der Waals surface area contributed by atoms with E-state index >= 15 is 0 Å². The highest BCUT2D eigenvalue weighted by atomic mass is 16.5. The van der Waals surface area contributed by atoms with Crippen LogP contribution in [0, 0.1) is 11.8 Å². The SMILES string of the molecule is COc1ccc(C2=CN3C(=O)c4cc(OC)c(OCCCOc5cc6c(cc5OC)C(=O)N5C=C(c7ccc(NC(=O)CNC(=O)C(NC(=O)CCCCCN8C(=O)CC(C)C8=O)C(C)C)cc7)CC5C=N6)cc4N=C[C@@H]3C2)cc1. The third kappa shape index (κ3) is 12.5. The molecule has 418 valence electrons. The van der Waals surface area contributed by atoms with Crippen LogP contribution in [0.5, 0.6) is 28.7 Å². The molecule has 80 heavy (non-hydrogen) atoms. The molecule has 0 aromatic heterocycles. The van der Waals surface area contributed by atoms with Crippen LogP contribution in [0.15, 0.2) is 95.2 Å². The van der Waals surface area contributed by atoms with Crippen molar-refractivity contribution in [1.82, 2.24) is 25.3 Å². The summed E-state index contributed by atoms with van der Waals surface area (Å²) in [5.41, 5.74) is 5.96. The van der Waals surface area contributed by atoms with Gasteiger partial charge in [-0.15, -0.1) is 0 Å². The molecule has 5 heterocycles. The van der Waals surface area contributed by atoms with Gasteiger partial charge >= 0.3 is 0 Å². The summed E-state index contributed by atoms with van der Waals surface area (Å²) in [6.07, 6.45) is 11.0. The molecule has 5 aliphatic rings. The Hall–Kier alpha value is -8.81. The third-order valence-electron chi connectivity index (χ3n) is 14.7. The fraction of sp³-hybridized carbons (Fsp3) is 0.383. The molecule has 0 bridgehead atoms. The Morgan fingerprint density at radius 3 is 1.70 bits per heavy atom. The first-order chi connectivity index (χ1) is 38.6. The molecule has 5 aliphatic heterocycles. The number of hydrogen-bond acceptors (Lipinski definition) is 14. The van der Waals surface area contributed by atoms with Crippen LogP contribution >= 0.6 is 0 Å². The minimum atomic E-state index is -0.849. The van der Waals surface area contributed by atoms with E-state index in [1.54, 1.807) is 86.5 Å². The second-order valence-electron chi connectivity index (χ2n) is 20.6. The minimum Gasteiger partial charge on any atom is -0.497 e. The second kappa shape index (κ2) is 24.9. The second-order valence-corrected chi connectivity index (χ2v) is 20.6. The van der Waals surface area contributed by atoms with Crippen molar-refractivity contribution in [3.63, 3.8) is 0 Å². The fourth-order valence-electron chi connectivity index (χ4n) is 10.2. The number of fused-ring (bicyclic) bond motifs is 4. The molecule has 3 unspecified atom stereocenters. The number of nitrogens with one attached hydrogen (secondary N) is 3. The van der Waals surface area contributed by atoms with Gasteiger partial charge in [-0.05, 0) is 77.4 Å². The Morgan fingerprint density at radius 2 is 1.20 bits per heavy atom. The Bertz CT molecular complexity index is 3190. The molecule has 1 fully saturated rings. The van der Waals surface area contributed by atoms with E-state index in [0.29, 0.717) is 96.3 Å². The first kappa shape index (κ1) is 55.9. The number of likely N-dealkylation sites (tertiary alicyclic amines) is 1. The van der Waals surface area contributed by atoms with Gasteiger partial charge < -0.3 is 49.4 Å². The summed E-state index contributed by atoms with van der Waals surface area (Å²) < 4.78 is 29.0. The van der Waals surface area contributed by atoms with E-state index in [9.17, 15) is 33.6 Å². The van der Waals surface area contributed by atoms with E-state index in [1.807, 2.05) is 48.8 Å². The quantitative estimate of drug-likeness (QED) is 0.0480. The third-order valence-corrected chi connectivity index (χ3v) is 14.7. The molecular formula is C60H66N8O12. The summed E-state index contributed by atoms with van der Waals surface area (Å²) in [6, 6.07) is 20.2. The zero-order chi connectivity index (χ0) is 56.6. The first-order valence-corrected chi connectivity index (χ1v) is 26.9. The Balaban J connectivity index is 0.728. The molecule has 20 nitrogen and oxygen atoms in total. The number of nitrogens with zero attached hydrogens (tertiary/aromatic N) is 5. The van der Waals surface area contributed by atoms with Crippen molar-refractivity contribution < 1.29 is 57.2 Å². The maximum absolute atomic E-state index is 14.1. The van der Waals surface area contributed by atoms with Crippen molar-refractivity contribution in [2.45, 2.75) is 90.3 Å². The predicted octanol–water partition coefficient (Wildman–Crippen LogP) is 7.65. The van der Waals surface area contributed by atoms with Gasteiger partial charge in [-0.25, -0.2) is 0 Å². The highest BCUT2D eigenvalue weighted by molar-refractivity contribution is 6.07. The standard InChI is InChI=1S/C60H66N8O12/c1-35(2)56(65-53(69)11-8-7-9-20-66-55(71)23-36(3)58(66)73)57(72)63-32-54(70)64-41-16-12-37(13-17-41)39-24-42-30-61-47-28-51(49(77-5)26-45(47)59(74)67(42)33-39)79-21-10-22-80-52-29-48-46(27-50(52)78-6)60(75)68-34-40(25-43(68)31-62-48)38-14-18-44(76-4)19-15-38/h12-19,26-31,33-36,42-43,56H,7-11,20-25,32H2,1-6H3,(H,63,72)(H,64,70)(H,65,69)/t36?,42?,43-,56?/m0/s1. The van der Waals surface area contributed by atoms with E-state index in [4.69, 9.17) is 33.7 Å². The maximum Gasteiger partial charge on any atom is 0.260 e. The molecule has 4 atom stereocenters. The molecule has 7 amide bonds. The lowest BCUT2D eigenvalue weighted by molar-refractivity contribution is -0.139. The van der Waals surface area contributed by atoms with Crippen LogP contribution in [0.4, 0.5) is 17.1 Å². The molecule has 3 N–H and O–H groups in total. The van der Waals surface area contributed by atoms with E-state index in [0.717, 1.165) is 28.0 Å². The summed E-state index contributed by atoms with van der Waals surface area (Å²) in [6.45, 7) is 5.87. The Kier molecular flexibility index (Phi) is 17.4. The number of benzene rings is 4.